The fourth-order valence-corrected chi connectivity index (χ4v) is 4.39. The summed E-state index contributed by atoms with van der Waals surface area (Å²) in [5.41, 5.74) is -0.878. The zero-order chi connectivity index (χ0) is 22.8. The second-order valence-corrected chi connectivity index (χ2v) is 8.96. The van der Waals surface area contributed by atoms with Crippen LogP contribution in [0.5, 0.6) is 0 Å². The van der Waals surface area contributed by atoms with Crippen LogP contribution in [-0.4, -0.2) is 53.9 Å². The van der Waals surface area contributed by atoms with Gasteiger partial charge in [0.05, 0.1) is 10.6 Å². The first-order valence-electron chi connectivity index (χ1n) is 10.6. The molecule has 2 fully saturated rings. The Balaban J connectivity index is 1.48. The van der Waals surface area contributed by atoms with Crippen molar-refractivity contribution in [3.63, 3.8) is 0 Å². The molecule has 6 nitrogen and oxygen atoms in total. The molecule has 3 rings (SSSR count). The van der Waals surface area contributed by atoms with Gasteiger partial charge in [-0.1, -0.05) is 25.4 Å². The van der Waals surface area contributed by atoms with E-state index in [1.165, 1.54) is 0 Å². The highest BCUT2D eigenvalue weighted by molar-refractivity contribution is 6.33. The topological polar surface area (TPSA) is 65.5 Å². The Morgan fingerprint density at radius 3 is 2.26 bits per heavy atom. The van der Waals surface area contributed by atoms with E-state index in [4.69, 9.17) is 11.6 Å². The smallest absolute Gasteiger partial charge is 0.355 e. The van der Waals surface area contributed by atoms with Crippen LogP contribution in [-0.2, 0) is 15.8 Å². The number of halogens is 4. The molecule has 1 aromatic heterocycles. The first-order chi connectivity index (χ1) is 14.6. The standard InChI is InChI=1S/C21H28ClF3N4O2/c1-13(2)20(31)29-9-5-16(6-10-29)27-19(30)14-3-7-28(8-4-14)18-17(22)11-15(12-26-18)21(23,24)25/h11-14,16H,3-10H2,1-2H3,(H,27,30). The Hall–Kier alpha value is -2.03. The predicted molar refractivity (Wildman–Crippen MR) is 112 cm³/mol. The van der Waals surface area contributed by atoms with E-state index in [2.05, 4.69) is 10.3 Å². The molecule has 1 N–H and O–H groups in total. The summed E-state index contributed by atoms with van der Waals surface area (Å²) in [5.74, 6) is 0.284. The number of amides is 2. The molecule has 1 aromatic rings. The third-order valence-corrected chi connectivity index (χ3v) is 6.24. The summed E-state index contributed by atoms with van der Waals surface area (Å²) in [5, 5.41) is 3.06. The lowest BCUT2D eigenvalue weighted by atomic mass is 9.94. The number of hydrogen-bond donors (Lipinski definition) is 1. The molecular weight excluding hydrogens is 433 g/mol. The van der Waals surface area contributed by atoms with Crippen LogP contribution < -0.4 is 10.2 Å². The lowest BCUT2D eigenvalue weighted by molar-refractivity contribution is -0.138. The maximum atomic E-state index is 12.8. The summed E-state index contributed by atoms with van der Waals surface area (Å²) in [6.07, 6.45) is -1.05. The molecule has 0 radical (unpaired) electrons. The van der Waals surface area contributed by atoms with Gasteiger partial charge in [0.15, 0.2) is 0 Å². The first-order valence-corrected chi connectivity index (χ1v) is 11.0. The molecule has 0 saturated carbocycles. The monoisotopic (exact) mass is 460 g/mol. The van der Waals surface area contributed by atoms with Crippen molar-refractivity contribution in [3.05, 3.63) is 22.8 Å². The molecule has 0 unspecified atom stereocenters. The fourth-order valence-electron chi connectivity index (χ4n) is 4.10. The Kier molecular flexibility index (Phi) is 7.34. The molecule has 10 heteroatoms. The number of aromatic nitrogens is 1. The maximum absolute atomic E-state index is 12.8. The molecule has 2 aliphatic rings. The summed E-state index contributed by atoms with van der Waals surface area (Å²) in [6, 6.07) is 0.951. The highest BCUT2D eigenvalue weighted by Crippen LogP contribution is 2.34. The summed E-state index contributed by atoms with van der Waals surface area (Å²) < 4.78 is 38.4. The predicted octanol–water partition coefficient (Wildman–Crippen LogP) is 3.73. The largest absolute Gasteiger partial charge is 0.417 e. The van der Waals surface area contributed by atoms with E-state index < -0.39 is 11.7 Å². The van der Waals surface area contributed by atoms with Crippen LogP contribution in [0.15, 0.2) is 12.3 Å². The number of likely N-dealkylation sites (tertiary alicyclic amines) is 1. The van der Waals surface area contributed by atoms with Crippen LogP contribution in [0.25, 0.3) is 0 Å². The van der Waals surface area contributed by atoms with E-state index in [-0.39, 0.29) is 34.7 Å². The van der Waals surface area contributed by atoms with Gasteiger partial charge in [-0.3, -0.25) is 9.59 Å². The van der Waals surface area contributed by atoms with Gasteiger partial charge < -0.3 is 15.1 Å². The third-order valence-electron chi connectivity index (χ3n) is 5.96. The van der Waals surface area contributed by atoms with E-state index in [0.29, 0.717) is 44.8 Å². The number of carbonyl (C=O) groups excluding carboxylic acids is 2. The minimum Gasteiger partial charge on any atom is -0.355 e. The highest BCUT2D eigenvalue weighted by Gasteiger charge is 2.33. The van der Waals surface area contributed by atoms with Gasteiger partial charge in [-0.25, -0.2) is 4.98 Å². The van der Waals surface area contributed by atoms with Gasteiger partial charge in [0.1, 0.15) is 5.82 Å². The summed E-state index contributed by atoms with van der Waals surface area (Å²) >= 11 is 6.04. The van der Waals surface area contributed by atoms with Gasteiger partial charge >= 0.3 is 6.18 Å². The number of piperidine rings is 2. The molecule has 3 heterocycles. The van der Waals surface area contributed by atoms with Crippen molar-refractivity contribution in [2.24, 2.45) is 11.8 Å². The van der Waals surface area contributed by atoms with Crippen LogP contribution in [0, 0.1) is 11.8 Å². The van der Waals surface area contributed by atoms with Gasteiger partial charge in [-0.2, -0.15) is 13.2 Å². The van der Waals surface area contributed by atoms with Crippen molar-refractivity contribution >= 4 is 29.2 Å². The number of alkyl halides is 3. The van der Waals surface area contributed by atoms with Crippen molar-refractivity contribution in [3.8, 4) is 0 Å². The van der Waals surface area contributed by atoms with Gasteiger partial charge in [0.2, 0.25) is 11.8 Å². The quantitative estimate of drug-likeness (QED) is 0.743. The molecular formula is C21H28ClF3N4O2. The number of carbonyl (C=O) groups is 2. The number of nitrogens with zero attached hydrogens (tertiary/aromatic N) is 3. The summed E-state index contributed by atoms with van der Waals surface area (Å²) in [6.45, 7) is 6.07. The van der Waals surface area contributed by atoms with E-state index >= 15 is 0 Å². The lowest BCUT2D eigenvalue weighted by Crippen LogP contribution is -2.49. The zero-order valence-electron chi connectivity index (χ0n) is 17.7. The van der Waals surface area contributed by atoms with Crippen molar-refractivity contribution < 1.29 is 22.8 Å². The number of hydrogen-bond acceptors (Lipinski definition) is 4. The van der Waals surface area contributed by atoms with E-state index in [0.717, 1.165) is 25.1 Å². The summed E-state index contributed by atoms with van der Waals surface area (Å²) in [7, 11) is 0. The number of pyridine rings is 1. The van der Waals surface area contributed by atoms with Gasteiger partial charge in [-0.05, 0) is 31.7 Å². The minimum absolute atomic E-state index is 0.000221. The Labute approximate surface area is 185 Å². The number of nitrogens with one attached hydrogen (secondary N) is 1. The van der Waals surface area contributed by atoms with Gasteiger partial charge in [0, 0.05) is 50.3 Å². The van der Waals surface area contributed by atoms with Crippen LogP contribution in [0.3, 0.4) is 0 Å². The number of rotatable bonds is 4. The molecule has 0 spiro atoms. The average molecular weight is 461 g/mol. The average Bonchev–Trinajstić information content (AvgIpc) is 2.73. The second kappa shape index (κ2) is 9.63. The van der Waals surface area contributed by atoms with E-state index in [9.17, 15) is 22.8 Å². The van der Waals surface area contributed by atoms with Crippen LogP contribution in [0.1, 0.15) is 45.1 Å². The number of anilines is 1. The van der Waals surface area contributed by atoms with Crippen LogP contribution in [0.4, 0.5) is 19.0 Å². The van der Waals surface area contributed by atoms with Crippen LogP contribution >= 0.6 is 11.6 Å². The van der Waals surface area contributed by atoms with E-state index in [1.54, 1.807) is 0 Å². The summed E-state index contributed by atoms with van der Waals surface area (Å²) in [4.78, 5) is 32.3. The Bertz CT molecular complexity index is 802. The maximum Gasteiger partial charge on any atom is 0.417 e. The minimum atomic E-state index is -4.49. The molecule has 172 valence electrons. The Morgan fingerprint density at radius 1 is 1.13 bits per heavy atom. The van der Waals surface area contributed by atoms with Crippen molar-refractivity contribution in [2.75, 3.05) is 31.1 Å². The molecule has 2 aliphatic heterocycles. The molecule has 2 saturated heterocycles. The molecule has 0 atom stereocenters. The Morgan fingerprint density at radius 2 is 1.74 bits per heavy atom. The van der Waals surface area contributed by atoms with Crippen LogP contribution in [0.2, 0.25) is 5.02 Å². The second-order valence-electron chi connectivity index (χ2n) is 8.55. The van der Waals surface area contributed by atoms with E-state index in [1.807, 2.05) is 23.6 Å². The molecule has 0 aliphatic carbocycles. The zero-order valence-corrected chi connectivity index (χ0v) is 18.5. The van der Waals surface area contributed by atoms with Crippen molar-refractivity contribution in [1.82, 2.24) is 15.2 Å². The van der Waals surface area contributed by atoms with Crippen molar-refractivity contribution in [2.45, 2.75) is 51.7 Å². The highest BCUT2D eigenvalue weighted by atomic mass is 35.5. The third kappa shape index (κ3) is 5.81. The lowest BCUT2D eigenvalue weighted by Gasteiger charge is -2.36. The van der Waals surface area contributed by atoms with Crippen molar-refractivity contribution in [1.29, 1.82) is 0 Å². The normalized spacial score (nSPS) is 19.1. The fraction of sp³-hybridized carbons (Fsp3) is 0.667. The molecule has 0 aromatic carbocycles. The molecule has 2 amide bonds. The SMILES string of the molecule is CC(C)C(=O)N1CCC(NC(=O)C2CCN(c3ncc(C(F)(F)F)cc3Cl)CC2)CC1. The van der Waals surface area contributed by atoms with Gasteiger partial charge in [0.25, 0.3) is 0 Å². The first kappa shape index (κ1) is 23.6. The molecule has 31 heavy (non-hydrogen) atoms. The molecule has 0 bridgehead atoms. The van der Waals surface area contributed by atoms with Gasteiger partial charge in [-0.15, -0.1) is 0 Å².